The van der Waals surface area contributed by atoms with Gasteiger partial charge in [-0.1, -0.05) is 53.2 Å². The Kier molecular flexibility index (Phi) is 9.30. The van der Waals surface area contributed by atoms with Crippen molar-refractivity contribution in [3.05, 3.63) is 68.5 Å². The van der Waals surface area contributed by atoms with Crippen LogP contribution >= 0.6 is 35.0 Å². The van der Waals surface area contributed by atoms with E-state index >= 15 is 0 Å². The number of ether oxygens (including phenoxy) is 4. The number of aromatic nitrogens is 2. The number of hydrogen-bond acceptors (Lipinski definition) is 11. The number of carbonyl (C=O) groups is 3. The lowest BCUT2D eigenvalue weighted by molar-refractivity contribution is -0.227. The lowest BCUT2D eigenvalue weighted by atomic mass is 10.00. The number of fused-ring (bicyclic) bond motifs is 2. The molecule has 0 saturated carbocycles. The van der Waals surface area contributed by atoms with Crippen LogP contribution in [0, 0.1) is 0 Å². The number of thioether (sulfide) groups is 1. The third-order valence-electron chi connectivity index (χ3n) is 6.63. The molecule has 1 aliphatic rings. The second kappa shape index (κ2) is 13.0. The number of nitrogens with zero attached hydrogens (tertiary/aromatic N) is 2. The lowest BCUT2D eigenvalue weighted by Crippen LogP contribution is -2.52. The molecule has 2 aromatic carbocycles. The summed E-state index contributed by atoms with van der Waals surface area (Å²) >= 11 is 13.9. The van der Waals surface area contributed by atoms with Crippen LogP contribution in [-0.4, -0.2) is 52.4 Å². The summed E-state index contributed by atoms with van der Waals surface area (Å²) in [5.41, 5.74) is 1.46. The predicted octanol–water partition coefficient (Wildman–Crippen LogP) is 5.46. The van der Waals surface area contributed by atoms with E-state index in [1.807, 2.05) is 12.1 Å². The number of rotatable bonds is 8. The molecule has 226 valence electrons. The van der Waals surface area contributed by atoms with Gasteiger partial charge in [-0.15, -0.1) is 0 Å². The van der Waals surface area contributed by atoms with Crippen molar-refractivity contribution >= 4 is 74.9 Å². The number of carbonyl (C=O) groups excluding carboxylic acids is 3. The van der Waals surface area contributed by atoms with Crippen molar-refractivity contribution in [2.75, 3.05) is 6.61 Å². The van der Waals surface area contributed by atoms with Gasteiger partial charge < -0.3 is 23.4 Å². The summed E-state index contributed by atoms with van der Waals surface area (Å²) in [7, 11) is 0. The Hall–Kier alpha value is -3.58. The van der Waals surface area contributed by atoms with Gasteiger partial charge in [0.2, 0.25) is 0 Å². The highest BCUT2D eigenvalue weighted by Crippen LogP contribution is 2.39. The Morgan fingerprint density at radius 1 is 1.02 bits per heavy atom. The smallest absolute Gasteiger partial charge is 0.340 e. The highest BCUT2D eigenvalue weighted by Gasteiger charge is 2.45. The summed E-state index contributed by atoms with van der Waals surface area (Å²) in [5, 5.41) is 1.76. The molecule has 0 radical (unpaired) electrons. The van der Waals surface area contributed by atoms with Gasteiger partial charge in [0, 0.05) is 43.9 Å². The van der Waals surface area contributed by atoms with E-state index in [-0.39, 0.29) is 28.8 Å². The zero-order valence-electron chi connectivity index (χ0n) is 23.2. The number of esters is 3. The minimum atomic E-state index is -1.05. The van der Waals surface area contributed by atoms with E-state index in [1.54, 1.807) is 34.9 Å². The molecule has 5 rings (SSSR count). The first-order valence-corrected chi connectivity index (χ1v) is 14.9. The Balaban J connectivity index is 1.56. The number of hydrogen-bond donors (Lipinski definition) is 0. The summed E-state index contributed by atoms with van der Waals surface area (Å²) in [5.74, 6) is -1.60. The van der Waals surface area contributed by atoms with Gasteiger partial charge in [0.05, 0.1) is 21.1 Å². The molecule has 4 atom stereocenters. The van der Waals surface area contributed by atoms with Crippen LogP contribution in [0.3, 0.4) is 0 Å². The van der Waals surface area contributed by atoms with Crippen molar-refractivity contribution in [3.8, 4) is 0 Å². The van der Waals surface area contributed by atoms with Crippen molar-refractivity contribution in [1.82, 2.24) is 9.55 Å². The van der Waals surface area contributed by atoms with Crippen LogP contribution in [0.2, 0.25) is 10.0 Å². The van der Waals surface area contributed by atoms with E-state index < -0.39 is 48.1 Å². The molecule has 14 heteroatoms. The fourth-order valence-corrected chi connectivity index (χ4v) is 6.19. The Morgan fingerprint density at radius 2 is 1.74 bits per heavy atom. The molecule has 0 amide bonds. The van der Waals surface area contributed by atoms with Gasteiger partial charge in [-0.25, -0.2) is 9.78 Å². The molecule has 0 aliphatic carbocycles. The summed E-state index contributed by atoms with van der Waals surface area (Å²) < 4.78 is 29.9. The fraction of sp³-hybridized carbons (Fsp3) is 0.345. The highest BCUT2D eigenvalue weighted by molar-refractivity contribution is 7.98. The average Bonchev–Trinajstić information content (AvgIpc) is 3.28. The third kappa shape index (κ3) is 6.98. The minimum Gasteiger partial charge on any atom is -0.463 e. The SMILES string of the molecule is CC(=O)OC[C@H]1O[C@@H](n2c(SCc3cc4ccccc4oc3=O)nc3cc(Cl)c(Cl)cc32)C[C@@H](OC(C)=O)[C@@H]1OC(C)=O. The van der Waals surface area contributed by atoms with Crippen LogP contribution in [0.4, 0.5) is 0 Å². The second-order valence-corrected chi connectivity index (χ2v) is 11.6. The van der Waals surface area contributed by atoms with Crippen molar-refractivity contribution in [2.45, 2.75) is 62.6 Å². The van der Waals surface area contributed by atoms with Crippen LogP contribution in [0.25, 0.3) is 22.0 Å². The maximum absolute atomic E-state index is 12.7. The summed E-state index contributed by atoms with van der Waals surface area (Å²) in [6.07, 6.45) is -3.81. The Labute approximate surface area is 259 Å². The van der Waals surface area contributed by atoms with Gasteiger partial charge in [-0.2, -0.15) is 0 Å². The Morgan fingerprint density at radius 3 is 2.47 bits per heavy atom. The van der Waals surface area contributed by atoms with E-state index in [1.165, 1.54) is 32.5 Å². The number of imidazole rings is 1. The molecule has 1 aliphatic heterocycles. The molecule has 0 spiro atoms. The molecule has 4 aromatic rings. The van der Waals surface area contributed by atoms with Gasteiger partial charge in [-0.05, 0) is 24.3 Å². The number of halogens is 2. The van der Waals surface area contributed by atoms with Crippen LogP contribution in [-0.2, 0) is 39.1 Å². The molecule has 1 saturated heterocycles. The molecular weight excluding hydrogens is 623 g/mol. The molecule has 1 fully saturated rings. The van der Waals surface area contributed by atoms with E-state index in [0.717, 1.165) is 5.39 Å². The van der Waals surface area contributed by atoms with Gasteiger partial charge in [-0.3, -0.25) is 19.0 Å². The normalized spacial score (nSPS) is 20.2. The standard InChI is InChI=1S/C29H26Cl2N2O9S/c1-14(34)38-12-25-27(40-16(3)36)24(39-15(2)35)11-26(41-25)33-22-10-20(31)19(30)9-21(22)32-29(33)43-13-18-8-17-6-4-5-7-23(17)42-28(18)37/h4-10,24-27H,11-13H2,1-3H3/t24-,25-,26-,27+/m1/s1. The molecular formula is C29H26Cl2N2O9S. The van der Waals surface area contributed by atoms with E-state index in [0.29, 0.717) is 27.3 Å². The molecule has 0 unspecified atom stereocenters. The van der Waals surface area contributed by atoms with Crippen LogP contribution in [0.15, 0.2) is 56.8 Å². The monoisotopic (exact) mass is 648 g/mol. The van der Waals surface area contributed by atoms with Gasteiger partial charge in [0.25, 0.3) is 0 Å². The first kappa shape index (κ1) is 30.9. The minimum absolute atomic E-state index is 0.0471. The zero-order valence-corrected chi connectivity index (χ0v) is 25.5. The maximum atomic E-state index is 12.7. The second-order valence-electron chi connectivity index (χ2n) is 9.79. The quantitative estimate of drug-likeness (QED) is 0.104. The highest BCUT2D eigenvalue weighted by atomic mass is 35.5. The summed E-state index contributed by atoms with van der Waals surface area (Å²) in [4.78, 5) is 53.2. The molecule has 43 heavy (non-hydrogen) atoms. The van der Waals surface area contributed by atoms with Gasteiger partial charge in [0.15, 0.2) is 11.3 Å². The van der Waals surface area contributed by atoms with Crippen LogP contribution in [0.1, 0.15) is 39.0 Å². The first-order chi connectivity index (χ1) is 20.5. The zero-order chi connectivity index (χ0) is 30.8. The maximum Gasteiger partial charge on any atom is 0.340 e. The van der Waals surface area contributed by atoms with Gasteiger partial charge in [0.1, 0.15) is 30.6 Å². The third-order valence-corrected chi connectivity index (χ3v) is 8.35. The average molecular weight is 650 g/mol. The number of benzene rings is 2. The summed E-state index contributed by atoms with van der Waals surface area (Å²) in [6, 6.07) is 12.2. The molecule has 2 aromatic heterocycles. The fourth-order valence-electron chi connectivity index (χ4n) is 4.87. The molecule has 0 N–H and O–H groups in total. The predicted molar refractivity (Wildman–Crippen MR) is 158 cm³/mol. The first-order valence-electron chi connectivity index (χ1n) is 13.1. The van der Waals surface area contributed by atoms with Crippen molar-refractivity contribution < 1.29 is 37.7 Å². The molecule has 11 nitrogen and oxygen atoms in total. The molecule has 3 heterocycles. The summed E-state index contributed by atoms with van der Waals surface area (Å²) in [6.45, 7) is 3.41. The van der Waals surface area contributed by atoms with Crippen LogP contribution < -0.4 is 5.63 Å². The van der Waals surface area contributed by atoms with Crippen molar-refractivity contribution in [1.29, 1.82) is 0 Å². The molecule has 0 bridgehead atoms. The van der Waals surface area contributed by atoms with E-state index in [4.69, 9.17) is 51.6 Å². The van der Waals surface area contributed by atoms with Crippen molar-refractivity contribution in [3.63, 3.8) is 0 Å². The lowest BCUT2D eigenvalue weighted by Gasteiger charge is -2.40. The van der Waals surface area contributed by atoms with Crippen LogP contribution in [0.5, 0.6) is 0 Å². The Bertz CT molecular complexity index is 1770. The van der Waals surface area contributed by atoms with Gasteiger partial charge >= 0.3 is 23.5 Å². The topological polar surface area (TPSA) is 136 Å². The number of para-hydroxylation sites is 1. The largest absolute Gasteiger partial charge is 0.463 e. The van der Waals surface area contributed by atoms with E-state index in [2.05, 4.69) is 0 Å². The van der Waals surface area contributed by atoms with E-state index in [9.17, 15) is 19.2 Å². The van der Waals surface area contributed by atoms with Crippen molar-refractivity contribution in [2.24, 2.45) is 0 Å².